The van der Waals surface area contributed by atoms with Gasteiger partial charge in [-0.25, -0.2) is 4.79 Å². The van der Waals surface area contributed by atoms with Crippen molar-refractivity contribution in [2.45, 2.75) is 39.2 Å². The summed E-state index contributed by atoms with van der Waals surface area (Å²) in [5.41, 5.74) is 0. The lowest BCUT2D eigenvalue weighted by Gasteiger charge is -2.17. The second kappa shape index (κ2) is 5.71. The van der Waals surface area contributed by atoms with Crippen LogP contribution in [0.2, 0.25) is 0 Å². The zero-order valence-corrected chi connectivity index (χ0v) is 10.9. The molecule has 1 unspecified atom stereocenters. The molecule has 17 heavy (non-hydrogen) atoms. The number of rotatable bonds is 5. The van der Waals surface area contributed by atoms with Gasteiger partial charge in [0.1, 0.15) is 0 Å². The standard InChI is InChI=1S/C13H23NO3/c1-10(2)8-17-13(15)14-6-5-12(7-14)16-9-11-3-4-11/h10-12H,3-9H2,1-2H3. The Labute approximate surface area is 103 Å². The molecule has 0 bridgehead atoms. The van der Waals surface area contributed by atoms with E-state index in [-0.39, 0.29) is 12.2 Å². The molecule has 0 spiro atoms. The predicted octanol–water partition coefficient (Wildman–Crippen LogP) is 2.28. The number of ether oxygens (including phenoxy) is 2. The van der Waals surface area contributed by atoms with E-state index in [1.54, 1.807) is 4.90 Å². The number of likely N-dealkylation sites (tertiary alicyclic amines) is 1. The van der Waals surface area contributed by atoms with Crippen LogP contribution in [-0.4, -0.2) is 43.4 Å². The topological polar surface area (TPSA) is 38.8 Å². The maximum Gasteiger partial charge on any atom is 0.409 e. The molecule has 1 amide bonds. The molecule has 0 aromatic carbocycles. The van der Waals surface area contributed by atoms with Crippen LogP contribution in [0.15, 0.2) is 0 Å². The number of amides is 1. The van der Waals surface area contributed by atoms with Crippen LogP contribution in [0.25, 0.3) is 0 Å². The van der Waals surface area contributed by atoms with Crippen molar-refractivity contribution in [3.63, 3.8) is 0 Å². The SMILES string of the molecule is CC(C)COC(=O)N1CCC(OCC2CC2)C1. The molecule has 2 aliphatic rings. The van der Waals surface area contributed by atoms with Crippen LogP contribution in [0.4, 0.5) is 4.79 Å². The van der Waals surface area contributed by atoms with Crippen LogP contribution >= 0.6 is 0 Å². The molecule has 0 aromatic rings. The summed E-state index contributed by atoms with van der Waals surface area (Å²) in [6, 6.07) is 0. The number of carbonyl (C=O) groups excluding carboxylic acids is 1. The fourth-order valence-electron chi connectivity index (χ4n) is 1.92. The van der Waals surface area contributed by atoms with Gasteiger partial charge in [-0.2, -0.15) is 0 Å². The second-order valence-electron chi connectivity index (χ2n) is 5.60. The summed E-state index contributed by atoms with van der Waals surface area (Å²) in [5, 5.41) is 0. The van der Waals surface area contributed by atoms with Gasteiger partial charge in [-0.1, -0.05) is 13.8 Å². The van der Waals surface area contributed by atoms with Gasteiger partial charge in [0.25, 0.3) is 0 Å². The Bertz CT molecular complexity index is 263. The monoisotopic (exact) mass is 241 g/mol. The van der Waals surface area contributed by atoms with E-state index in [4.69, 9.17) is 9.47 Å². The molecule has 1 aliphatic heterocycles. The van der Waals surface area contributed by atoms with Crippen molar-refractivity contribution in [2.24, 2.45) is 11.8 Å². The average Bonchev–Trinajstić information content (AvgIpc) is 3.00. The molecule has 1 atom stereocenters. The Morgan fingerprint density at radius 1 is 1.35 bits per heavy atom. The van der Waals surface area contributed by atoms with Crippen molar-refractivity contribution >= 4 is 6.09 Å². The van der Waals surface area contributed by atoms with Crippen LogP contribution in [0.1, 0.15) is 33.1 Å². The first-order chi connectivity index (χ1) is 8.15. The van der Waals surface area contributed by atoms with Crippen molar-refractivity contribution in [1.29, 1.82) is 0 Å². The minimum Gasteiger partial charge on any atom is -0.449 e. The molecule has 0 radical (unpaired) electrons. The number of hydrogen-bond acceptors (Lipinski definition) is 3. The quantitative estimate of drug-likeness (QED) is 0.741. The van der Waals surface area contributed by atoms with E-state index in [9.17, 15) is 4.79 Å². The maximum atomic E-state index is 11.7. The van der Waals surface area contributed by atoms with Crippen molar-refractivity contribution in [1.82, 2.24) is 4.90 Å². The third-order valence-electron chi connectivity index (χ3n) is 3.21. The van der Waals surface area contributed by atoms with E-state index < -0.39 is 0 Å². The van der Waals surface area contributed by atoms with Gasteiger partial charge in [-0.3, -0.25) is 0 Å². The number of nitrogens with zero attached hydrogens (tertiary/aromatic N) is 1. The van der Waals surface area contributed by atoms with Crippen LogP contribution in [0, 0.1) is 11.8 Å². The van der Waals surface area contributed by atoms with Crippen molar-refractivity contribution < 1.29 is 14.3 Å². The minimum atomic E-state index is -0.184. The maximum absolute atomic E-state index is 11.7. The summed E-state index contributed by atoms with van der Waals surface area (Å²) in [7, 11) is 0. The Hall–Kier alpha value is -0.770. The molecular formula is C13H23NO3. The molecule has 1 aliphatic carbocycles. The second-order valence-corrected chi connectivity index (χ2v) is 5.60. The first kappa shape index (κ1) is 12.7. The van der Waals surface area contributed by atoms with Gasteiger partial charge in [0.2, 0.25) is 0 Å². The van der Waals surface area contributed by atoms with Crippen LogP contribution < -0.4 is 0 Å². The fourth-order valence-corrected chi connectivity index (χ4v) is 1.92. The zero-order chi connectivity index (χ0) is 12.3. The Morgan fingerprint density at radius 3 is 2.76 bits per heavy atom. The third-order valence-corrected chi connectivity index (χ3v) is 3.21. The summed E-state index contributed by atoms with van der Waals surface area (Å²) in [5.74, 6) is 1.18. The van der Waals surface area contributed by atoms with E-state index in [2.05, 4.69) is 0 Å². The number of hydrogen-bond donors (Lipinski definition) is 0. The first-order valence-electron chi connectivity index (χ1n) is 6.68. The van der Waals surface area contributed by atoms with Gasteiger partial charge in [-0.15, -0.1) is 0 Å². The minimum absolute atomic E-state index is 0.184. The molecular weight excluding hydrogens is 218 g/mol. The average molecular weight is 241 g/mol. The molecule has 4 nitrogen and oxygen atoms in total. The summed E-state index contributed by atoms with van der Waals surface area (Å²) in [6.45, 7) is 6.93. The molecule has 98 valence electrons. The highest BCUT2D eigenvalue weighted by Crippen LogP contribution is 2.30. The highest BCUT2D eigenvalue weighted by atomic mass is 16.6. The van der Waals surface area contributed by atoms with Gasteiger partial charge in [0.05, 0.1) is 19.3 Å². The van der Waals surface area contributed by atoms with Gasteiger partial charge >= 0.3 is 6.09 Å². The van der Waals surface area contributed by atoms with E-state index in [1.165, 1.54) is 12.8 Å². The van der Waals surface area contributed by atoms with Gasteiger partial charge in [0, 0.05) is 13.2 Å². The summed E-state index contributed by atoms with van der Waals surface area (Å²) in [6.07, 6.45) is 3.61. The van der Waals surface area contributed by atoms with Gasteiger partial charge in [-0.05, 0) is 31.1 Å². The molecule has 4 heteroatoms. The molecule has 2 rings (SSSR count). The number of carbonyl (C=O) groups is 1. The third kappa shape index (κ3) is 4.19. The fraction of sp³-hybridized carbons (Fsp3) is 0.923. The highest BCUT2D eigenvalue weighted by Gasteiger charge is 2.30. The summed E-state index contributed by atoms with van der Waals surface area (Å²) < 4.78 is 11.0. The highest BCUT2D eigenvalue weighted by molar-refractivity contribution is 5.68. The van der Waals surface area contributed by atoms with Crippen molar-refractivity contribution in [3.05, 3.63) is 0 Å². The molecule has 1 heterocycles. The van der Waals surface area contributed by atoms with Crippen molar-refractivity contribution in [3.8, 4) is 0 Å². The molecule has 0 aromatic heterocycles. The first-order valence-corrected chi connectivity index (χ1v) is 6.68. The lowest BCUT2D eigenvalue weighted by atomic mass is 10.2. The smallest absolute Gasteiger partial charge is 0.409 e. The van der Waals surface area contributed by atoms with E-state index in [1.807, 2.05) is 13.8 Å². The lowest BCUT2D eigenvalue weighted by Crippen LogP contribution is -2.31. The van der Waals surface area contributed by atoms with E-state index >= 15 is 0 Å². The lowest BCUT2D eigenvalue weighted by molar-refractivity contribution is 0.0474. The largest absolute Gasteiger partial charge is 0.449 e. The normalized spacial score (nSPS) is 24.4. The molecule has 1 saturated heterocycles. The van der Waals surface area contributed by atoms with E-state index in [0.717, 1.165) is 25.5 Å². The molecule has 0 N–H and O–H groups in total. The van der Waals surface area contributed by atoms with E-state index in [0.29, 0.717) is 19.1 Å². The summed E-state index contributed by atoms with van der Waals surface area (Å²) >= 11 is 0. The van der Waals surface area contributed by atoms with Gasteiger partial charge < -0.3 is 14.4 Å². The van der Waals surface area contributed by atoms with Crippen molar-refractivity contribution in [2.75, 3.05) is 26.3 Å². The predicted molar refractivity (Wildman–Crippen MR) is 64.8 cm³/mol. The zero-order valence-electron chi connectivity index (χ0n) is 10.9. The van der Waals surface area contributed by atoms with Crippen LogP contribution in [-0.2, 0) is 9.47 Å². The Balaban J connectivity index is 1.63. The van der Waals surface area contributed by atoms with Crippen LogP contribution in [0.5, 0.6) is 0 Å². The summed E-state index contributed by atoms with van der Waals surface area (Å²) in [4.78, 5) is 13.5. The molecule has 2 fully saturated rings. The molecule has 1 saturated carbocycles. The Kier molecular flexibility index (Phi) is 4.26. The Morgan fingerprint density at radius 2 is 2.12 bits per heavy atom. The van der Waals surface area contributed by atoms with Crippen LogP contribution in [0.3, 0.4) is 0 Å². The van der Waals surface area contributed by atoms with Gasteiger partial charge in [0.15, 0.2) is 0 Å².